The van der Waals surface area contributed by atoms with Crippen molar-refractivity contribution in [3.8, 4) is 0 Å². The normalized spacial score (nSPS) is 11.0. The smallest absolute Gasteiger partial charge is 0.306 e. The molecule has 0 aliphatic heterocycles. The van der Waals surface area contributed by atoms with Crippen molar-refractivity contribution in [2.75, 3.05) is 0 Å². The Morgan fingerprint density at radius 2 is 1.57 bits per heavy atom. The predicted molar refractivity (Wildman–Crippen MR) is 88.9 cm³/mol. The van der Waals surface area contributed by atoms with Crippen LogP contribution in [0, 0.1) is 6.92 Å². The SMILES string of the molecule is Cc1ccc(Br)c(C(=O)c2cc3[nH]c(=O)[nH]c3cc2Br)c1. The fourth-order valence-corrected chi connectivity index (χ4v) is 3.14. The molecule has 0 bridgehead atoms. The van der Waals surface area contributed by atoms with Gasteiger partial charge >= 0.3 is 5.69 Å². The molecule has 0 amide bonds. The Hall–Kier alpha value is -1.66. The number of benzene rings is 2. The van der Waals surface area contributed by atoms with Crippen molar-refractivity contribution in [3.63, 3.8) is 0 Å². The number of hydrogen-bond donors (Lipinski definition) is 2. The van der Waals surface area contributed by atoms with Crippen LogP contribution < -0.4 is 5.69 Å². The van der Waals surface area contributed by atoms with Gasteiger partial charge in [0, 0.05) is 20.1 Å². The fourth-order valence-electron chi connectivity index (χ4n) is 2.19. The summed E-state index contributed by atoms with van der Waals surface area (Å²) >= 11 is 6.80. The zero-order chi connectivity index (χ0) is 15.1. The Kier molecular flexibility index (Phi) is 3.59. The molecule has 0 fully saturated rings. The number of fused-ring (bicyclic) bond motifs is 1. The van der Waals surface area contributed by atoms with Crippen molar-refractivity contribution in [2.45, 2.75) is 6.92 Å². The lowest BCUT2D eigenvalue weighted by Gasteiger charge is -2.07. The van der Waals surface area contributed by atoms with Crippen LogP contribution in [0.2, 0.25) is 0 Å². The first kappa shape index (κ1) is 14.3. The highest BCUT2D eigenvalue weighted by Gasteiger charge is 2.17. The van der Waals surface area contributed by atoms with E-state index in [1.807, 2.05) is 25.1 Å². The van der Waals surface area contributed by atoms with E-state index >= 15 is 0 Å². The van der Waals surface area contributed by atoms with Crippen LogP contribution in [-0.2, 0) is 0 Å². The molecule has 0 atom stereocenters. The number of halogens is 2. The molecule has 0 radical (unpaired) electrons. The third kappa shape index (κ3) is 2.61. The van der Waals surface area contributed by atoms with Crippen molar-refractivity contribution in [3.05, 3.63) is 66.5 Å². The van der Waals surface area contributed by atoms with Crippen LogP contribution >= 0.6 is 31.9 Å². The molecule has 0 unspecified atom stereocenters. The van der Waals surface area contributed by atoms with Crippen LogP contribution in [0.25, 0.3) is 11.0 Å². The summed E-state index contributed by atoms with van der Waals surface area (Å²) in [6, 6.07) is 9.03. The highest BCUT2D eigenvalue weighted by molar-refractivity contribution is 9.11. The lowest BCUT2D eigenvalue weighted by molar-refractivity contribution is 0.103. The summed E-state index contributed by atoms with van der Waals surface area (Å²) in [5.41, 5.74) is 3.08. The van der Waals surface area contributed by atoms with Gasteiger partial charge in [0.1, 0.15) is 0 Å². The maximum Gasteiger partial charge on any atom is 0.323 e. The van der Waals surface area contributed by atoms with E-state index in [4.69, 9.17) is 0 Å². The van der Waals surface area contributed by atoms with E-state index in [-0.39, 0.29) is 11.5 Å². The average Bonchev–Trinajstić information content (AvgIpc) is 2.79. The van der Waals surface area contributed by atoms with E-state index in [0.717, 1.165) is 10.0 Å². The molecule has 0 aliphatic rings. The molecule has 0 saturated heterocycles. The second kappa shape index (κ2) is 5.27. The molecule has 4 nitrogen and oxygen atoms in total. The molecule has 3 rings (SSSR count). The molecule has 0 spiro atoms. The third-order valence-electron chi connectivity index (χ3n) is 3.21. The van der Waals surface area contributed by atoms with Crippen molar-refractivity contribution < 1.29 is 4.79 Å². The van der Waals surface area contributed by atoms with Gasteiger partial charge in [0.25, 0.3) is 0 Å². The molecule has 6 heteroatoms. The molecule has 1 heterocycles. The molecular weight excluding hydrogens is 400 g/mol. The highest BCUT2D eigenvalue weighted by Crippen LogP contribution is 2.27. The second-order valence-corrected chi connectivity index (χ2v) is 6.48. The molecule has 0 aliphatic carbocycles. The number of ketones is 1. The second-order valence-electron chi connectivity index (χ2n) is 4.77. The van der Waals surface area contributed by atoms with Crippen LogP contribution in [0.15, 0.2) is 44.1 Å². The Morgan fingerprint density at radius 3 is 2.29 bits per heavy atom. The fraction of sp³-hybridized carbons (Fsp3) is 0.0667. The van der Waals surface area contributed by atoms with Crippen LogP contribution in [0.4, 0.5) is 0 Å². The molecular formula is C15H10Br2N2O2. The van der Waals surface area contributed by atoms with Gasteiger partial charge in [0.15, 0.2) is 5.78 Å². The lowest BCUT2D eigenvalue weighted by atomic mass is 10.0. The van der Waals surface area contributed by atoms with Gasteiger partial charge in [0.2, 0.25) is 0 Å². The number of imidazole rings is 1. The summed E-state index contributed by atoms with van der Waals surface area (Å²) in [6.45, 7) is 1.94. The van der Waals surface area contributed by atoms with Crippen molar-refractivity contribution in [1.29, 1.82) is 0 Å². The minimum Gasteiger partial charge on any atom is -0.306 e. The van der Waals surface area contributed by atoms with Crippen molar-refractivity contribution in [2.24, 2.45) is 0 Å². The molecule has 2 N–H and O–H groups in total. The van der Waals surface area contributed by atoms with Gasteiger partial charge in [-0.1, -0.05) is 27.6 Å². The number of carbonyl (C=O) groups excluding carboxylic acids is 1. The third-order valence-corrected chi connectivity index (χ3v) is 4.56. The number of rotatable bonds is 2. The summed E-state index contributed by atoms with van der Waals surface area (Å²) < 4.78 is 1.39. The number of carbonyl (C=O) groups is 1. The largest absolute Gasteiger partial charge is 0.323 e. The number of H-pyrrole nitrogens is 2. The van der Waals surface area contributed by atoms with Gasteiger partial charge in [0.05, 0.1) is 11.0 Å². The minimum absolute atomic E-state index is 0.110. The minimum atomic E-state index is -0.293. The maximum absolute atomic E-state index is 12.7. The highest BCUT2D eigenvalue weighted by atomic mass is 79.9. The summed E-state index contributed by atoms with van der Waals surface area (Å²) in [5, 5.41) is 0. The van der Waals surface area contributed by atoms with E-state index in [2.05, 4.69) is 41.8 Å². The monoisotopic (exact) mass is 408 g/mol. The number of nitrogens with one attached hydrogen (secondary N) is 2. The van der Waals surface area contributed by atoms with E-state index in [0.29, 0.717) is 26.6 Å². The number of hydrogen-bond acceptors (Lipinski definition) is 2. The zero-order valence-corrected chi connectivity index (χ0v) is 14.1. The van der Waals surface area contributed by atoms with Gasteiger partial charge in [-0.2, -0.15) is 0 Å². The first-order chi connectivity index (χ1) is 9.95. The Labute approximate surface area is 136 Å². The van der Waals surface area contributed by atoms with Gasteiger partial charge in [-0.25, -0.2) is 4.79 Å². The standard InChI is InChI=1S/C15H10Br2N2O2/c1-7-2-3-10(16)8(4-7)14(20)9-5-12-13(6-11(9)17)19-15(21)18-12/h2-6H,1H3,(H2,18,19,21). The molecule has 1 aromatic heterocycles. The van der Waals surface area contributed by atoms with Crippen molar-refractivity contribution >= 4 is 48.7 Å². The summed E-state index contributed by atoms with van der Waals surface area (Å²) in [4.78, 5) is 29.4. The van der Waals surface area contributed by atoms with Crippen LogP contribution in [0.3, 0.4) is 0 Å². The van der Waals surface area contributed by atoms with Crippen LogP contribution in [-0.4, -0.2) is 15.8 Å². The average molecular weight is 410 g/mol. The van der Waals surface area contributed by atoms with E-state index < -0.39 is 0 Å². The van der Waals surface area contributed by atoms with Gasteiger partial charge in [-0.3, -0.25) is 4.79 Å². The predicted octanol–water partition coefficient (Wildman–Crippen LogP) is 3.92. The Morgan fingerprint density at radius 1 is 0.952 bits per heavy atom. The number of aromatic amines is 2. The molecule has 2 aromatic carbocycles. The zero-order valence-electron chi connectivity index (χ0n) is 11.0. The van der Waals surface area contributed by atoms with Crippen LogP contribution in [0.5, 0.6) is 0 Å². The van der Waals surface area contributed by atoms with Crippen LogP contribution in [0.1, 0.15) is 21.5 Å². The summed E-state index contributed by atoms with van der Waals surface area (Å²) in [7, 11) is 0. The summed E-state index contributed by atoms with van der Waals surface area (Å²) in [5.74, 6) is -0.110. The molecule has 21 heavy (non-hydrogen) atoms. The molecule has 0 saturated carbocycles. The van der Waals surface area contributed by atoms with E-state index in [9.17, 15) is 9.59 Å². The van der Waals surface area contributed by atoms with Gasteiger partial charge < -0.3 is 9.97 Å². The Bertz CT molecular complexity index is 925. The quantitative estimate of drug-likeness (QED) is 0.630. The number of aromatic nitrogens is 2. The van der Waals surface area contributed by atoms with E-state index in [1.165, 1.54) is 0 Å². The maximum atomic E-state index is 12.7. The first-order valence-electron chi connectivity index (χ1n) is 6.18. The van der Waals surface area contributed by atoms with Crippen molar-refractivity contribution in [1.82, 2.24) is 9.97 Å². The first-order valence-corrected chi connectivity index (χ1v) is 7.76. The molecule has 106 valence electrons. The van der Waals surface area contributed by atoms with E-state index in [1.54, 1.807) is 12.1 Å². The Balaban J connectivity index is 2.19. The van der Waals surface area contributed by atoms with Gasteiger partial charge in [-0.15, -0.1) is 0 Å². The number of aryl methyl sites for hydroxylation is 1. The lowest BCUT2D eigenvalue weighted by Crippen LogP contribution is -2.04. The summed E-state index contributed by atoms with van der Waals surface area (Å²) in [6.07, 6.45) is 0. The topological polar surface area (TPSA) is 65.7 Å². The van der Waals surface area contributed by atoms with Gasteiger partial charge in [-0.05, 0) is 47.1 Å². The molecule has 3 aromatic rings.